The number of pyridine rings is 1. The SMILES string of the molecule is CCN=C(N)c1cnc(N2CCN(C3CCN(Cc4ccc(Cl)cc4F)CC3)[C@@H](CC)C2)c(Cl)c1.[HH]. The lowest BCUT2D eigenvalue weighted by Gasteiger charge is -2.47. The van der Waals surface area contributed by atoms with Gasteiger partial charge in [0.05, 0.1) is 5.02 Å². The molecule has 2 aliphatic heterocycles. The van der Waals surface area contributed by atoms with Crippen LogP contribution in [0.1, 0.15) is 45.7 Å². The fourth-order valence-corrected chi connectivity index (χ4v) is 5.72. The van der Waals surface area contributed by atoms with Gasteiger partial charge in [-0.2, -0.15) is 0 Å². The molecule has 3 heterocycles. The Balaban J connectivity index is 0.00000361. The third-order valence-electron chi connectivity index (χ3n) is 7.18. The van der Waals surface area contributed by atoms with Gasteiger partial charge in [0.25, 0.3) is 0 Å². The zero-order valence-corrected chi connectivity index (χ0v) is 22.1. The molecule has 0 bridgehead atoms. The average molecular weight is 524 g/mol. The van der Waals surface area contributed by atoms with Crippen LogP contribution in [0.25, 0.3) is 0 Å². The van der Waals surface area contributed by atoms with Crippen molar-refractivity contribution < 1.29 is 5.82 Å². The summed E-state index contributed by atoms with van der Waals surface area (Å²) in [4.78, 5) is 16.2. The van der Waals surface area contributed by atoms with Crippen molar-refractivity contribution in [3.63, 3.8) is 0 Å². The van der Waals surface area contributed by atoms with Crippen molar-refractivity contribution >= 4 is 34.9 Å². The maximum absolute atomic E-state index is 14.2. The summed E-state index contributed by atoms with van der Waals surface area (Å²) in [5.41, 5.74) is 7.49. The summed E-state index contributed by atoms with van der Waals surface area (Å²) in [5.74, 6) is 1.06. The summed E-state index contributed by atoms with van der Waals surface area (Å²) in [5, 5.41) is 1.06. The number of amidine groups is 1. The van der Waals surface area contributed by atoms with Crippen LogP contribution in [0.2, 0.25) is 10.0 Å². The van der Waals surface area contributed by atoms with E-state index in [1.54, 1.807) is 18.3 Å². The van der Waals surface area contributed by atoms with Crippen molar-refractivity contribution in [1.82, 2.24) is 14.8 Å². The Morgan fingerprint density at radius 1 is 1.17 bits per heavy atom. The minimum absolute atomic E-state index is 0. The van der Waals surface area contributed by atoms with Gasteiger partial charge in [0.15, 0.2) is 0 Å². The number of rotatable bonds is 7. The number of piperazine rings is 1. The molecule has 192 valence electrons. The second kappa shape index (κ2) is 11.9. The Morgan fingerprint density at radius 3 is 2.60 bits per heavy atom. The molecule has 6 nitrogen and oxygen atoms in total. The predicted octanol–water partition coefficient (Wildman–Crippen LogP) is 5.06. The first-order valence-corrected chi connectivity index (χ1v) is 13.3. The predicted molar refractivity (Wildman–Crippen MR) is 145 cm³/mol. The van der Waals surface area contributed by atoms with Crippen LogP contribution in [0.3, 0.4) is 0 Å². The number of hydrogen-bond donors (Lipinski definition) is 1. The van der Waals surface area contributed by atoms with E-state index >= 15 is 0 Å². The van der Waals surface area contributed by atoms with Gasteiger partial charge in [0, 0.05) is 68.6 Å². The van der Waals surface area contributed by atoms with Gasteiger partial charge in [-0.1, -0.05) is 36.2 Å². The van der Waals surface area contributed by atoms with E-state index in [0.717, 1.165) is 63.4 Å². The van der Waals surface area contributed by atoms with Gasteiger partial charge in [-0.05, 0) is 57.5 Å². The number of anilines is 1. The number of nitrogens with zero attached hydrogens (tertiary/aromatic N) is 5. The highest BCUT2D eigenvalue weighted by Crippen LogP contribution is 2.30. The molecule has 9 heteroatoms. The summed E-state index contributed by atoms with van der Waals surface area (Å²) >= 11 is 12.5. The topological polar surface area (TPSA) is 61.0 Å². The monoisotopic (exact) mass is 522 g/mol. The standard InChI is InChI=1S/C26H35Cl2FN6.H2/c1-3-21-17-34(26-23(28)13-19(15-32-26)25(30)31-4-2)11-12-35(21)22-7-9-33(10-8-22)16-18-5-6-20(27)14-24(18)29;/h5-6,13-15,21-22H,3-4,7-12,16-17H2,1-2H3,(H2,30,31);1H/t21-;/m0./s1. The zero-order valence-electron chi connectivity index (χ0n) is 20.6. The zero-order chi connectivity index (χ0) is 24.9. The third-order valence-corrected chi connectivity index (χ3v) is 7.69. The number of aliphatic imine (C=N–C) groups is 1. The highest BCUT2D eigenvalue weighted by molar-refractivity contribution is 6.33. The van der Waals surface area contributed by atoms with E-state index in [1.807, 2.05) is 13.0 Å². The Morgan fingerprint density at radius 2 is 1.94 bits per heavy atom. The van der Waals surface area contributed by atoms with Crippen molar-refractivity contribution in [2.24, 2.45) is 10.7 Å². The first kappa shape index (κ1) is 26.1. The third kappa shape index (κ3) is 6.26. The van der Waals surface area contributed by atoms with Crippen molar-refractivity contribution in [2.75, 3.05) is 44.2 Å². The molecule has 35 heavy (non-hydrogen) atoms. The van der Waals surface area contributed by atoms with Crippen LogP contribution in [-0.4, -0.2) is 72.0 Å². The largest absolute Gasteiger partial charge is 0.383 e. The number of nitrogens with two attached hydrogens (primary N) is 1. The molecule has 0 aliphatic carbocycles. The summed E-state index contributed by atoms with van der Waals surface area (Å²) < 4.78 is 14.2. The van der Waals surface area contributed by atoms with Crippen LogP contribution >= 0.6 is 23.2 Å². The molecular weight excluding hydrogens is 486 g/mol. The lowest BCUT2D eigenvalue weighted by Crippen LogP contribution is -2.58. The Hall–Kier alpha value is -1.93. The minimum atomic E-state index is -0.220. The molecule has 0 spiro atoms. The van der Waals surface area contributed by atoms with E-state index in [1.165, 1.54) is 6.07 Å². The van der Waals surface area contributed by atoms with Crippen LogP contribution in [0, 0.1) is 5.82 Å². The molecule has 1 atom stereocenters. The van der Waals surface area contributed by atoms with E-state index in [0.29, 0.717) is 46.6 Å². The molecule has 2 fully saturated rings. The van der Waals surface area contributed by atoms with Crippen molar-refractivity contribution in [3.8, 4) is 0 Å². The molecular formula is C26H37Cl2FN6. The van der Waals surface area contributed by atoms with Crippen LogP contribution in [-0.2, 0) is 6.54 Å². The summed E-state index contributed by atoms with van der Waals surface area (Å²) in [6, 6.07) is 7.82. The van der Waals surface area contributed by atoms with Gasteiger partial charge in [-0.15, -0.1) is 0 Å². The first-order valence-electron chi connectivity index (χ1n) is 12.5. The summed E-state index contributed by atoms with van der Waals surface area (Å²) in [6.45, 7) is 10.2. The Bertz CT molecular complexity index is 1050. The van der Waals surface area contributed by atoms with Crippen LogP contribution < -0.4 is 10.6 Å². The van der Waals surface area contributed by atoms with Crippen LogP contribution in [0.4, 0.5) is 10.2 Å². The molecule has 2 aromatic rings. The number of aromatic nitrogens is 1. The van der Waals surface area contributed by atoms with Gasteiger partial charge < -0.3 is 10.6 Å². The molecule has 1 aromatic heterocycles. The maximum atomic E-state index is 14.2. The molecule has 0 unspecified atom stereocenters. The Kier molecular flexibility index (Phi) is 8.87. The lowest BCUT2D eigenvalue weighted by molar-refractivity contribution is 0.0607. The van der Waals surface area contributed by atoms with Crippen LogP contribution in [0.5, 0.6) is 0 Å². The summed E-state index contributed by atoms with van der Waals surface area (Å²) in [7, 11) is 0. The highest BCUT2D eigenvalue weighted by Gasteiger charge is 2.34. The van der Waals surface area contributed by atoms with E-state index in [-0.39, 0.29) is 7.24 Å². The number of halogens is 3. The second-order valence-corrected chi connectivity index (χ2v) is 10.2. The van der Waals surface area contributed by atoms with E-state index in [9.17, 15) is 4.39 Å². The van der Waals surface area contributed by atoms with Crippen molar-refractivity contribution in [1.29, 1.82) is 0 Å². The molecule has 4 rings (SSSR count). The van der Waals surface area contributed by atoms with Gasteiger partial charge >= 0.3 is 0 Å². The van der Waals surface area contributed by atoms with Crippen molar-refractivity contribution in [3.05, 3.63) is 57.5 Å². The molecule has 0 amide bonds. The Labute approximate surface area is 219 Å². The molecule has 0 radical (unpaired) electrons. The van der Waals surface area contributed by atoms with Crippen LogP contribution in [0.15, 0.2) is 35.5 Å². The lowest BCUT2D eigenvalue weighted by atomic mass is 9.97. The normalized spacial score (nSPS) is 21.0. The number of likely N-dealkylation sites (tertiary alicyclic amines) is 1. The number of hydrogen-bond acceptors (Lipinski definition) is 5. The fraction of sp³-hybridized carbons (Fsp3) is 0.538. The number of piperidine rings is 1. The van der Waals surface area contributed by atoms with Gasteiger partial charge in [0.2, 0.25) is 0 Å². The molecule has 1 aromatic carbocycles. The molecule has 0 saturated carbocycles. The van der Waals surface area contributed by atoms with Gasteiger partial charge in [0.1, 0.15) is 17.5 Å². The first-order chi connectivity index (χ1) is 16.9. The second-order valence-electron chi connectivity index (χ2n) is 9.38. The van der Waals surface area contributed by atoms with Gasteiger partial charge in [-0.3, -0.25) is 14.8 Å². The summed E-state index contributed by atoms with van der Waals surface area (Å²) in [6.07, 6.45) is 5.02. The average Bonchev–Trinajstić information content (AvgIpc) is 2.86. The van der Waals surface area contributed by atoms with Crippen molar-refractivity contribution in [2.45, 2.75) is 51.7 Å². The maximum Gasteiger partial charge on any atom is 0.147 e. The molecule has 2 aliphatic rings. The van der Waals surface area contributed by atoms with E-state index in [2.05, 4.69) is 31.6 Å². The minimum Gasteiger partial charge on any atom is -0.383 e. The highest BCUT2D eigenvalue weighted by atomic mass is 35.5. The molecule has 2 saturated heterocycles. The van der Waals surface area contributed by atoms with E-state index in [4.69, 9.17) is 28.9 Å². The van der Waals surface area contributed by atoms with E-state index < -0.39 is 0 Å². The fourth-order valence-electron chi connectivity index (χ4n) is 5.27. The molecule has 2 N–H and O–H groups in total. The quantitative estimate of drug-likeness (QED) is 0.406. The smallest absolute Gasteiger partial charge is 0.147 e. The number of benzene rings is 1. The van der Waals surface area contributed by atoms with Gasteiger partial charge in [-0.25, -0.2) is 9.37 Å².